The van der Waals surface area contributed by atoms with Crippen molar-refractivity contribution >= 4 is 17.4 Å². The number of hydrogen-bond donors (Lipinski definition) is 0. The standard InChI is InChI=1S/C4H4ClF3O/c1-2(9)3(6)4(5,7)8/h3H,1H3. The van der Waals surface area contributed by atoms with Crippen LogP contribution in [0.2, 0.25) is 0 Å². The average molecular weight is 161 g/mol. The molecule has 0 fully saturated rings. The summed E-state index contributed by atoms with van der Waals surface area (Å²) >= 11 is 4.15. The van der Waals surface area contributed by atoms with Gasteiger partial charge in [-0.1, -0.05) is 0 Å². The number of hydrogen-bond acceptors (Lipinski definition) is 1. The first kappa shape index (κ1) is 8.75. The Hall–Kier alpha value is -0.250. The Morgan fingerprint density at radius 1 is 1.67 bits per heavy atom. The van der Waals surface area contributed by atoms with Crippen LogP contribution in [0.4, 0.5) is 13.2 Å². The Labute approximate surface area is 54.8 Å². The molecule has 0 bridgehead atoms. The highest BCUT2D eigenvalue weighted by Crippen LogP contribution is 2.26. The molecule has 0 amide bonds. The van der Waals surface area contributed by atoms with Gasteiger partial charge in [-0.2, -0.15) is 8.78 Å². The number of carbonyl (C=O) groups excluding carboxylic acids is 1. The van der Waals surface area contributed by atoms with Crippen LogP contribution in [0, 0.1) is 0 Å². The monoisotopic (exact) mass is 160 g/mol. The molecule has 0 aliphatic heterocycles. The summed E-state index contributed by atoms with van der Waals surface area (Å²) in [6.07, 6.45) is -2.89. The lowest BCUT2D eigenvalue weighted by molar-refractivity contribution is -0.129. The van der Waals surface area contributed by atoms with E-state index in [0.29, 0.717) is 6.92 Å². The molecule has 0 aromatic rings. The number of alkyl halides is 4. The summed E-state index contributed by atoms with van der Waals surface area (Å²) in [6, 6.07) is 0. The van der Waals surface area contributed by atoms with E-state index in [2.05, 4.69) is 11.6 Å². The van der Waals surface area contributed by atoms with Crippen LogP contribution >= 0.6 is 11.6 Å². The molecule has 0 saturated carbocycles. The van der Waals surface area contributed by atoms with Gasteiger partial charge in [0, 0.05) is 0 Å². The summed E-state index contributed by atoms with van der Waals surface area (Å²) in [5.74, 6) is -1.27. The third kappa shape index (κ3) is 2.70. The molecule has 0 N–H and O–H groups in total. The molecule has 0 radical (unpaired) electrons. The molecular weight excluding hydrogens is 156 g/mol. The lowest BCUT2D eigenvalue weighted by Crippen LogP contribution is -2.29. The Morgan fingerprint density at radius 2 is 2.00 bits per heavy atom. The molecule has 9 heavy (non-hydrogen) atoms. The van der Waals surface area contributed by atoms with E-state index in [-0.39, 0.29) is 0 Å². The van der Waals surface area contributed by atoms with E-state index in [1.165, 1.54) is 0 Å². The van der Waals surface area contributed by atoms with Gasteiger partial charge in [0.25, 0.3) is 0 Å². The van der Waals surface area contributed by atoms with Crippen molar-refractivity contribution in [3.05, 3.63) is 0 Å². The summed E-state index contributed by atoms with van der Waals surface area (Å²) in [5, 5.41) is -4.06. The quantitative estimate of drug-likeness (QED) is 0.563. The molecule has 0 aliphatic carbocycles. The zero-order chi connectivity index (χ0) is 7.65. The zero-order valence-electron chi connectivity index (χ0n) is 4.50. The summed E-state index contributed by atoms with van der Waals surface area (Å²) in [5.41, 5.74) is 0. The fourth-order valence-corrected chi connectivity index (χ4v) is 0.384. The van der Waals surface area contributed by atoms with Crippen LogP contribution in [-0.4, -0.2) is 17.3 Å². The molecule has 0 rings (SSSR count). The molecule has 0 aliphatic rings. The summed E-state index contributed by atoms with van der Waals surface area (Å²) in [6.45, 7) is 0.709. The van der Waals surface area contributed by atoms with Crippen molar-refractivity contribution in [1.82, 2.24) is 0 Å². The predicted molar refractivity (Wildman–Crippen MR) is 26.4 cm³/mol. The maximum Gasteiger partial charge on any atom is 0.359 e. The van der Waals surface area contributed by atoms with E-state index >= 15 is 0 Å². The van der Waals surface area contributed by atoms with Crippen LogP contribution < -0.4 is 0 Å². The topological polar surface area (TPSA) is 17.1 Å². The second kappa shape index (κ2) is 2.56. The van der Waals surface area contributed by atoms with E-state index < -0.39 is 17.3 Å². The van der Waals surface area contributed by atoms with Gasteiger partial charge in [0.1, 0.15) is 0 Å². The van der Waals surface area contributed by atoms with E-state index in [0.717, 1.165) is 0 Å². The lowest BCUT2D eigenvalue weighted by atomic mass is 10.3. The van der Waals surface area contributed by atoms with Crippen molar-refractivity contribution in [3.63, 3.8) is 0 Å². The number of Topliss-reactive ketones (excluding diaryl/α,β-unsaturated/α-hetero) is 1. The molecule has 5 heteroatoms. The van der Waals surface area contributed by atoms with E-state index in [1.54, 1.807) is 0 Å². The average Bonchev–Trinajstić information content (AvgIpc) is 1.62. The SMILES string of the molecule is CC(=O)C(F)C(F)(F)Cl. The second-order valence-electron chi connectivity index (χ2n) is 1.51. The molecule has 0 heterocycles. The van der Waals surface area contributed by atoms with Gasteiger partial charge in [0.2, 0.25) is 6.17 Å². The van der Waals surface area contributed by atoms with Crippen molar-refractivity contribution in [2.24, 2.45) is 0 Å². The van der Waals surface area contributed by atoms with E-state index in [9.17, 15) is 18.0 Å². The van der Waals surface area contributed by atoms with E-state index in [4.69, 9.17) is 0 Å². The highest BCUT2D eigenvalue weighted by atomic mass is 35.5. The second-order valence-corrected chi connectivity index (χ2v) is 2.02. The number of halogens is 4. The number of ketones is 1. The van der Waals surface area contributed by atoms with Gasteiger partial charge in [0.05, 0.1) is 0 Å². The minimum Gasteiger partial charge on any atom is -0.296 e. The molecule has 1 nitrogen and oxygen atoms in total. The summed E-state index contributed by atoms with van der Waals surface area (Å²) < 4.78 is 34.9. The lowest BCUT2D eigenvalue weighted by Gasteiger charge is -2.08. The van der Waals surface area contributed by atoms with Crippen molar-refractivity contribution in [2.45, 2.75) is 18.5 Å². The highest BCUT2D eigenvalue weighted by Gasteiger charge is 2.40. The van der Waals surface area contributed by atoms with Gasteiger partial charge in [-0.15, -0.1) is 0 Å². The largest absolute Gasteiger partial charge is 0.359 e. The van der Waals surface area contributed by atoms with Crippen molar-refractivity contribution in [1.29, 1.82) is 0 Å². The van der Waals surface area contributed by atoms with Gasteiger partial charge in [-0.25, -0.2) is 4.39 Å². The molecule has 0 aromatic carbocycles. The molecule has 1 unspecified atom stereocenters. The fourth-order valence-electron chi connectivity index (χ4n) is 0.230. The predicted octanol–water partition coefficient (Wildman–Crippen LogP) is 1.75. The van der Waals surface area contributed by atoms with Crippen LogP contribution in [-0.2, 0) is 4.79 Å². The Kier molecular flexibility index (Phi) is 2.49. The minimum absolute atomic E-state index is 0.709. The minimum atomic E-state index is -4.06. The van der Waals surface area contributed by atoms with E-state index in [1.807, 2.05) is 0 Å². The Bertz CT molecular complexity index is 119. The first-order valence-corrected chi connectivity index (χ1v) is 2.44. The van der Waals surface area contributed by atoms with Gasteiger partial charge in [0.15, 0.2) is 5.78 Å². The molecule has 0 saturated heterocycles. The summed E-state index contributed by atoms with van der Waals surface area (Å²) in [7, 11) is 0. The summed E-state index contributed by atoms with van der Waals surface area (Å²) in [4.78, 5) is 9.85. The first-order chi connectivity index (χ1) is 3.85. The van der Waals surface area contributed by atoms with Crippen LogP contribution in [0.3, 0.4) is 0 Å². The number of rotatable bonds is 2. The first-order valence-electron chi connectivity index (χ1n) is 2.07. The molecular formula is C4H4ClF3O. The normalized spacial score (nSPS) is 15.2. The van der Waals surface area contributed by atoms with Gasteiger partial charge in [-0.05, 0) is 18.5 Å². The molecule has 1 atom stereocenters. The number of carbonyl (C=O) groups is 1. The van der Waals surface area contributed by atoms with Gasteiger partial charge < -0.3 is 0 Å². The van der Waals surface area contributed by atoms with Gasteiger partial charge in [-0.3, -0.25) is 4.79 Å². The Morgan fingerprint density at radius 3 is 2.00 bits per heavy atom. The zero-order valence-corrected chi connectivity index (χ0v) is 5.25. The van der Waals surface area contributed by atoms with Crippen LogP contribution in [0.15, 0.2) is 0 Å². The van der Waals surface area contributed by atoms with Crippen molar-refractivity contribution < 1.29 is 18.0 Å². The maximum absolute atomic E-state index is 11.8. The maximum atomic E-state index is 11.8. The third-order valence-corrected chi connectivity index (χ3v) is 0.836. The fraction of sp³-hybridized carbons (Fsp3) is 0.750. The highest BCUT2D eigenvalue weighted by molar-refractivity contribution is 6.23. The molecule has 0 spiro atoms. The van der Waals surface area contributed by atoms with Crippen molar-refractivity contribution in [3.8, 4) is 0 Å². The molecule has 54 valence electrons. The van der Waals surface area contributed by atoms with Crippen molar-refractivity contribution in [2.75, 3.05) is 0 Å². The van der Waals surface area contributed by atoms with Crippen LogP contribution in [0.25, 0.3) is 0 Å². The van der Waals surface area contributed by atoms with Gasteiger partial charge >= 0.3 is 5.38 Å². The van der Waals surface area contributed by atoms with Crippen LogP contribution in [0.1, 0.15) is 6.92 Å². The Balaban J connectivity index is 4.04. The third-order valence-electron chi connectivity index (χ3n) is 0.644. The van der Waals surface area contributed by atoms with Crippen LogP contribution in [0.5, 0.6) is 0 Å². The molecule has 0 aromatic heterocycles. The smallest absolute Gasteiger partial charge is 0.296 e.